The summed E-state index contributed by atoms with van der Waals surface area (Å²) < 4.78 is 16.8. The van der Waals surface area contributed by atoms with E-state index in [1.54, 1.807) is 0 Å². The van der Waals surface area contributed by atoms with Crippen LogP contribution in [-0.4, -0.2) is 37.2 Å². The first-order valence-electron chi connectivity index (χ1n) is 27.1. The zero-order valence-corrected chi connectivity index (χ0v) is 41.8. The minimum Gasteiger partial charge on any atom is -0.462 e. The van der Waals surface area contributed by atoms with Gasteiger partial charge in [-0.1, -0.05) is 230 Å². The van der Waals surface area contributed by atoms with Crippen LogP contribution in [0.3, 0.4) is 0 Å². The predicted octanol–water partition coefficient (Wildman–Crippen LogP) is 17.9. The molecule has 1 unspecified atom stereocenters. The smallest absolute Gasteiger partial charge is 0.306 e. The van der Waals surface area contributed by atoms with Crippen LogP contribution in [0.5, 0.6) is 0 Å². The fourth-order valence-electron chi connectivity index (χ4n) is 7.75. The van der Waals surface area contributed by atoms with Gasteiger partial charge in [-0.05, 0) is 77.0 Å². The van der Waals surface area contributed by atoms with Gasteiger partial charge in [-0.2, -0.15) is 0 Å². The van der Waals surface area contributed by atoms with Gasteiger partial charge < -0.3 is 14.2 Å². The molecule has 63 heavy (non-hydrogen) atoms. The largest absolute Gasteiger partial charge is 0.462 e. The zero-order chi connectivity index (χ0) is 45.8. The average Bonchev–Trinajstić information content (AvgIpc) is 3.28. The second-order valence-corrected chi connectivity index (χ2v) is 18.1. The SMILES string of the molecule is CC/C=C\C/C=C\C/C=C\CCCCC(=O)OCC(COC(=O)CCCCCCC/C=C\CCCCCCCCCCC)OC(=O)CCCCCCCCCCCCCCCCC. The molecule has 6 heteroatoms. The lowest BCUT2D eigenvalue weighted by molar-refractivity contribution is -0.167. The predicted molar refractivity (Wildman–Crippen MR) is 270 cm³/mol. The Morgan fingerprint density at radius 1 is 0.333 bits per heavy atom. The fourth-order valence-corrected chi connectivity index (χ4v) is 7.75. The molecule has 0 aromatic heterocycles. The lowest BCUT2D eigenvalue weighted by atomic mass is 10.0. The molecule has 0 aromatic rings. The van der Waals surface area contributed by atoms with Crippen molar-refractivity contribution in [3.63, 3.8) is 0 Å². The van der Waals surface area contributed by atoms with Gasteiger partial charge in [0.05, 0.1) is 0 Å². The standard InChI is InChI=1S/C57H102O6/c1-4-7-10-13-16-19-22-25-27-28-29-31-32-35-38-41-44-47-50-56(59)62-53-54(52-61-55(58)49-46-43-40-37-34-24-21-18-15-12-9-6-3)63-57(60)51-48-45-42-39-36-33-30-26-23-20-17-14-11-8-5-2/h9,12,18,21,29,31,34,37,54H,4-8,10-11,13-17,19-20,22-28,30,32-33,35-36,38-53H2,1-3H3/b12-9-,21-18-,31-29-,37-34-. The molecule has 6 nitrogen and oxygen atoms in total. The van der Waals surface area contributed by atoms with E-state index in [2.05, 4.69) is 69.4 Å². The highest BCUT2D eigenvalue weighted by Crippen LogP contribution is 2.16. The van der Waals surface area contributed by atoms with Crippen molar-refractivity contribution in [2.75, 3.05) is 13.2 Å². The summed E-state index contributed by atoms with van der Waals surface area (Å²) in [4.78, 5) is 38.0. The highest BCUT2D eigenvalue weighted by atomic mass is 16.6. The minimum atomic E-state index is -0.788. The highest BCUT2D eigenvalue weighted by Gasteiger charge is 2.19. The summed E-state index contributed by atoms with van der Waals surface area (Å²) in [6.45, 7) is 6.51. The molecule has 0 aliphatic carbocycles. The van der Waals surface area contributed by atoms with Gasteiger partial charge in [0.1, 0.15) is 13.2 Å². The topological polar surface area (TPSA) is 78.9 Å². The monoisotopic (exact) mass is 883 g/mol. The number of ether oxygens (including phenoxy) is 3. The Bertz CT molecular complexity index is 1110. The Balaban J connectivity index is 4.37. The van der Waals surface area contributed by atoms with Crippen LogP contribution >= 0.6 is 0 Å². The third kappa shape index (κ3) is 50.2. The maximum absolute atomic E-state index is 12.8. The molecule has 0 bridgehead atoms. The molecule has 0 aromatic carbocycles. The van der Waals surface area contributed by atoms with Crippen molar-refractivity contribution in [2.24, 2.45) is 0 Å². The van der Waals surface area contributed by atoms with E-state index in [1.807, 2.05) is 0 Å². The third-order valence-electron chi connectivity index (χ3n) is 11.8. The quantitative estimate of drug-likeness (QED) is 0.0262. The Labute approximate surface area is 390 Å². The summed E-state index contributed by atoms with van der Waals surface area (Å²) in [6.07, 6.45) is 62.5. The first-order chi connectivity index (χ1) is 31.0. The van der Waals surface area contributed by atoms with Gasteiger partial charge in [0.15, 0.2) is 6.10 Å². The van der Waals surface area contributed by atoms with Crippen molar-refractivity contribution in [2.45, 2.75) is 284 Å². The van der Waals surface area contributed by atoms with E-state index in [1.165, 1.54) is 154 Å². The number of hydrogen-bond donors (Lipinski definition) is 0. The Kier molecular flexibility index (Phi) is 49.8. The minimum absolute atomic E-state index is 0.0871. The van der Waals surface area contributed by atoms with Crippen LogP contribution in [0.25, 0.3) is 0 Å². The lowest BCUT2D eigenvalue weighted by Gasteiger charge is -2.18. The van der Waals surface area contributed by atoms with Crippen molar-refractivity contribution < 1.29 is 28.6 Å². The van der Waals surface area contributed by atoms with Crippen LogP contribution in [0.15, 0.2) is 48.6 Å². The van der Waals surface area contributed by atoms with Gasteiger partial charge >= 0.3 is 17.9 Å². The molecule has 1 atom stereocenters. The fraction of sp³-hybridized carbons (Fsp3) is 0.807. The molecule has 0 fully saturated rings. The van der Waals surface area contributed by atoms with E-state index < -0.39 is 6.10 Å². The molecular formula is C57H102O6. The summed E-state index contributed by atoms with van der Waals surface area (Å²) in [7, 11) is 0. The van der Waals surface area contributed by atoms with Crippen LogP contribution in [0.2, 0.25) is 0 Å². The Hall–Kier alpha value is -2.63. The van der Waals surface area contributed by atoms with Crippen LogP contribution in [-0.2, 0) is 28.6 Å². The summed E-state index contributed by atoms with van der Waals surface area (Å²) in [6, 6.07) is 0. The van der Waals surface area contributed by atoms with Crippen molar-refractivity contribution in [3.8, 4) is 0 Å². The molecule has 0 aliphatic heterocycles. The number of unbranched alkanes of at least 4 members (excludes halogenated alkanes) is 30. The molecule has 0 N–H and O–H groups in total. The average molecular weight is 883 g/mol. The van der Waals surface area contributed by atoms with Crippen LogP contribution in [0, 0.1) is 0 Å². The maximum Gasteiger partial charge on any atom is 0.306 e. The molecule has 0 aliphatic rings. The molecule has 0 amide bonds. The van der Waals surface area contributed by atoms with E-state index in [9.17, 15) is 14.4 Å². The first kappa shape index (κ1) is 60.4. The normalized spacial score (nSPS) is 12.4. The number of hydrogen-bond acceptors (Lipinski definition) is 6. The second-order valence-electron chi connectivity index (χ2n) is 18.1. The van der Waals surface area contributed by atoms with E-state index in [4.69, 9.17) is 14.2 Å². The highest BCUT2D eigenvalue weighted by molar-refractivity contribution is 5.71. The molecule has 0 heterocycles. The van der Waals surface area contributed by atoms with E-state index in [0.717, 1.165) is 83.5 Å². The van der Waals surface area contributed by atoms with Crippen molar-refractivity contribution >= 4 is 17.9 Å². The maximum atomic E-state index is 12.8. The van der Waals surface area contributed by atoms with E-state index in [-0.39, 0.29) is 31.1 Å². The Morgan fingerprint density at radius 2 is 0.619 bits per heavy atom. The van der Waals surface area contributed by atoms with Crippen molar-refractivity contribution in [1.29, 1.82) is 0 Å². The van der Waals surface area contributed by atoms with E-state index in [0.29, 0.717) is 19.3 Å². The first-order valence-corrected chi connectivity index (χ1v) is 27.1. The van der Waals surface area contributed by atoms with Crippen LogP contribution in [0.1, 0.15) is 278 Å². The number of carbonyl (C=O) groups is 3. The van der Waals surface area contributed by atoms with E-state index >= 15 is 0 Å². The number of rotatable bonds is 49. The third-order valence-corrected chi connectivity index (χ3v) is 11.8. The summed E-state index contributed by atoms with van der Waals surface area (Å²) in [5, 5.41) is 0. The number of esters is 3. The van der Waals surface area contributed by atoms with Crippen molar-refractivity contribution in [1.82, 2.24) is 0 Å². The van der Waals surface area contributed by atoms with Gasteiger partial charge in [-0.15, -0.1) is 0 Å². The van der Waals surface area contributed by atoms with Gasteiger partial charge in [-0.3, -0.25) is 14.4 Å². The number of allylic oxidation sites excluding steroid dienone is 8. The summed E-state index contributed by atoms with van der Waals surface area (Å²) in [5.41, 5.74) is 0. The second kappa shape index (κ2) is 52.0. The molecular weight excluding hydrogens is 781 g/mol. The van der Waals surface area contributed by atoms with Gasteiger partial charge in [0.25, 0.3) is 0 Å². The molecule has 366 valence electrons. The molecule has 0 saturated carbocycles. The van der Waals surface area contributed by atoms with Crippen molar-refractivity contribution in [3.05, 3.63) is 48.6 Å². The van der Waals surface area contributed by atoms with Gasteiger partial charge in [0, 0.05) is 19.3 Å². The summed E-state index contributed by atoms with van der Waals surface area (Å²) >= 11 is 0. The van der Waals surface area contributed by atoms with Crippen LogP contribution < -0.4 is 0 Å². The molecule has 0 saturated heterocycles. The zero-order valence-electron chi connectivity index (χ0n) is 41.8. The molecule has 0 rings (SSSR count). The molecule has 0 radical (unpaired) electrons. The van der Waals surface area contributed by atoms with Crippen LogP contribution in [0.4, 0.5) is 0 Å². The van der Waals surface area contributed by atoms with Gasteiger partial charge in [-0.25, -0.2) is 0 Å². The number of carbonyl (C=O) groups excluding carboxylic acids is 3. The molecule has 0 spiro atoms. The van der Waals surface area contributed by atoms with Gasteiger partial charge in [0.2, 0.25) is 0 Å². The summed E-state index contributed by atoms with van der Waals surface area (Å²) in [5.74, 6) is -0.925. The Morgan fingerprint density at radius 3 is 1.02 bits per heavy atom. The lowest BCUT2D eigenvalue weighted by Crippen LogP contribution is -2.30.